The minimum absolute atomic E-state index is 0.0438. The fourth-order valence-electron chi connectivity index (χ4n) is 0.857. The van der Waals surface area contributed by atoms with Crippen LogP contribution in [0.4, 0.5) is 18.0 Å². The molecule has 0 spiro atoms. The lowest BCUT2D eigenvalue weighted by atomic mass is 10.4. The summed E-state index contributed by atoms with van der Waals surface area (Å²) in [4.78, 5) is 12.1. The zero-order valence-electron chi connectivity index (χ0n) is 9.50. The van der Waals surface area contributed by atoms with Crippen LogP contribution in [0.3, 0.4) is 0 Å². The van der Waals surface area contributed by atoms with Crippen LogP contribution in [0.25, 0.3) is 0 Å². The predicted octanol–water partition coefficient (Wildman–Crippen LogP) is 1.82. The van der Waals surface area contributed by atoms with Gasteiger partial charge in [0.25, 0.3) is 0 Å². The summed E-state index contributed by atoms with van der Waals surface area (Å²) in [5.41, 5.74) is 4.58. The average Bonchev–Trinajstić information content (AvgIpc) is 2.64. The number of halogens is 3. The fraction of sp³-hybridized carbons (Fsp3) is 0.625. The summed E-state index contributed by atoms with van der Waals surface area (Å²) in [6, 6.07) is -0.533. The van der Waals surface area contributed by atoms with Gasteiger partial charge in [0.05, 0.1) is 0 Å². The largest absolute Gasteiger partial charge is 0.425 e. The molecule has 0 saturated heterocycles. The molecule has 9 heteroatoms. The monoisotopic (exact) mass is 270 g/mol. The molecule has 0 bridgehead atoms. The van der Waals surface area contributed by atoms with Gasteiger partial charge in [-0.05, 0) is 13.8 Å². The molecule has 1 aliphatic rings. The highest BCUT2D eigenvalue weighted by Crippen LogP contribution is 2.37. The maximum Gasteiger partial charge on any atom is 0.425 e. The van der Waals surface area contributed by atoms with Gasteiger partial charge in [0.15, 0.2) is 0 Å². The van der Waals surface area contributed by atoms with Crippen molar-refractivity contribution in [2.45, 2.75) is 26.1 Å². The predicted molar refractivity (Wildman–Crippen MR) is 58.1 cm³/mol. The summed E-state index contributed by atoms with van der Waals surface area (Å²) in [5, 5.41) is 0. The normalized spacial score (nSPS) is 16.8. The second-order valence-electron chi connectivity index (χ2n) is 3.64. The van der Waals surface area contributed by atoms with Crippen LogP contribution in [-0.2, 0) is 0 Å². The topological polar surface area (TPSA) is 47.6 Å². The van der Waals surface area contributed by atoms with Crippen LogP contribution in [0, 0.1) is 0 Å². The number of carbonyl (C=O) groups excluding carboxylic acids is 1. The van der Waals surface area contributed by atoms with E-state index >= 15 is 0 Å². The molecular weight excluding hydrogens is 257 g/mol. The van der Waals surface area contributed by atoms with Gasteiger partial charge in [-0.25, -0.2) is 10.2 Å². The Morgan fingerprint density at radius 3 is 2.59 bits per heavy atom. The van der Waals surface area contributed by atoms with Crippen molar-refractivity contribution in [1.82, 2.24) is 20.3 Å². The standard InChI is InChI=1S/C8H13F3N4OS/c1-5(2)14(3)7(16)13-15-12-4-6(17-15)8(9,10)11/h4-5,12H,1-3H3,(H,13,16). The zero-order chi connectivity index (χ0) is 13.2. The summed E-state index contributed by atoms with van der Waals surface area (Å²) < 4.78 is 37.7. The number of nitrogens with one attached hydrogen (secondary N) is 2. The molecule has 1 heterocycles. The van der Waals surface area contributed by atoms with Crippen LogP contribution in [0.15, 0.2) is 11.1 Å². The molecule has 2 amide bonds. The Kier molecular flexibility index (Phi) is 4.15. The van der Waals surface area contributed by atoms with E-state index in [-0.39, 0.29) is 6.04 Å². The molecule has 0 aromatic carbocycles. The van der Waals surface area contributed by atoms with E-state index in [1.54, 1.807) is 20.9 Å². The SMILES string of the molecule is CC(C)N(C)C(=O)NN1NC=C(C(F)(F)F)S1. The lowest BCUT2D eigenvalue weighted by Gasteiger charge is -2.25. The molecule has 0 unspecified atom stereocenters. The third-order valence-electron chi connectivity index (χ3n) is 2.07. The van der Waals surface area contributed by atoms with Crippen LogP contribution >= 0.6 is 11.9 Å². The molecule has 98 valence electrons. The molecule has 0 aliphatic carbocycles. The number of hydrogen-bond acceptors (Lipinski definition) is 4. The Bertz CT molecular complexity index is 331. The van der Waals surface area contributed by atoms with Gasteiger partial charge >= 0.3 is 12.2 Å². The molecule has 1 rings (SSSR count). The summed E-state index contributed by atoms with van der Waals surface area (Å²) >= 11 is 0.375. The van der Waals surface area contributed by atoms with Crippen molar-refractivity contribution < 1.29 is 18.0 Å². The van der Waals surface area contributed by atoms with Gasteiger partial charge in [0, 0.05) is 31.2 Å². The Labute approximate surface area is 101 Å². The molecule has 2 N–H and O–H groups in total. The third-order valence-corrected chi connectivity index (χ3v) is 3.00. The van der Waals surface area contributed by atoms with Crippen molar-refractivity contribution in [2.75, 3.05) is 7.05 Å². The van der Waals surface area contributed by atoms with Gasteiger partial charge < -0.3 is 4.90 Å². The molecule has 0 radical (unpaired) electrons. The van der Waals surface area contributed by atoms with Gasteiger partial charge in [0.1, 0.15) is 4.91 Å². The molecule has 0 aromatic rings. The quantitative estimate of drug-likeness (QED) is 0.751. The summed E-state index contributed by atoms with van der Waals surface area (Å²) in [6.45, 7) is 3.59. The Morgan fingerprint density at radius 2 is 2.18 bits per heavy atom. The van der Waals surface area contributed by atoms with E-state index in [0.717, 1.165) is 10.7 Å². The number of rotatable bonds is 2. The van der Waals surface area contributed by atoms with Gasteiger partial charge in [-0.3, -0.25) is 5.43 Å². The molecule has 0 fully saturated rings. The molecule has 0 atom stereocenters. The molecule has 0 aromatic heterocycles. The number of nitrogens with zero attached hydrogens (tertiary/aromatic N) is 2. The van der Waals surface area contributed by atoms with Crippen molar-refractivity contribution in [3.05, 3.63) is 11.1 Å². The van der Waals surface area contributed by atoms with Crippen molar-refractivity contribution in [3.63, 3.8) is 0 Å². The van der Waals surface area contributed by atoms with E-state index < -0.39 is 17.1 Å². The number of carbonyl (C=O) groups is 1. The zero-order valence-corrected chi connectivity index (χ0v) is 10.3. The van der Waals surface area contributed by atoms with E-state index in [4.69, 9.17) is 0 Å². The van der Waals surface area contributed by atoms with E-state index in [2.05, 4.69) is 10.9 Å². The number of alkyl halides is 3. The highest BCUT2D eigenvalue weighted by atomic mass is 32.2. The van der Waals surface area contributed by atoms with E-state index in [1.807, 2.05) is 0 Å². The lowest BCUT2D eigenvalue weighted by molar-refractivity contribution is -0.0836. The van der Waals surface area contributed by atoms with Gasteiger partial charge in [-0.2, -0.15) is 13.2 Å². The number of allylic oxidation sites excluding steroid dienone is 1. The molecule has 1 aliphatic heterocycles. The van der Waals surface area contributed by atoms with E-state index in [9.17, 15) is 18.0 Å². The van der Waals surface area contributed by atoms with E-state index in [1.165, 1.54) is 4.90 Å². The molecule has 5 nitrogen and oxygen atoms in total. The maximum atomic E-state index is 12.3. The fourth-order valence-corrected chi connectivity index (χ4v) is 1.49. The third kappa shape index (κ3) is 3.70. The number of amides is 2. The summed E-state index contributed by atoms with van der Waals surface area (Å²) in [6.07, 6.45) is -3.62. The van der Waals surface area contributed by atoms with Crippen LogP contribution in [-0.4, -0.2) is 34.7 Å². The Balaban J connectivity index is 2.46. The van der Waals surface area contributed by atoms with Crippen molar-refractivity contribution in [2.24, 2.45) is 0 Å². The first-order chi connectivity index (χ1) is 7.71. The maximum absolute atomic E-state index is 12.3. The molecule has 17 heavy (non-hydrogen) atoms. The Hall–Kier alpha value is -1.09. The first-order valence-electron chi connectivity index (χ1n) is 4.77. The van der Waals surface area contributed by atoms with Crippen molar-refractivity contribution in [1.29, 1.82) is 0 Å². The van der Waals surface area contributed by atoms with Gasteiger partial charge in [-0.15, -0.1) is 0 Å². The van der Waals surface area contributed by atoms with E-state index in [0.29, 0.717) is 11.9 Å². The first-order valence-corrected chi connectivity index (χ1v) is 5.54. The minimum Gasteiger partial charge on any atom is -0.324 e. The average molecular weight is 270 g/mol. The highest BCUT2D eigenvalue weighted by Gasteiger charge is 2.39. The van der Waals surface area contributed by atoms with Crippen molar-refractivity contribution >= 4 is 18.0 Å². The number of hydrazine groups is 2. The second kappa shape index (κ2) is 5.05. The molecule has 0 saturated carbocycles. The van der Waals surface area contributed by atoms with Crippen LogP contribution in [0.5, 0.6) is 0 Å². The van der Waals surface area contributed by atoms with Crippen LogP contribution in [0.1, 0.15) is 13.8 Å². The minimum atomic E-state index is -4.42. The van der Waals surface area contributed by atoms with Crippen LogP contribution < -0.4 is 10.9 Å². The van der Waals surface area contributed by atoms with Crippen molar-refractivity contribution in [3.8, 4) is 0 Å². The smallest absolute Gasteiger partial charge is 0.324 e. The second-order valence-corrected chi connectivity index (χ2v) is 4.63. The number of urea groups is 1. The van der Waals surface area contributed by atoms with Crippen LogP contribution in [0.2, 0.25) is 0 Å². The molecular formula is C8H13F3N4OS. The summed E-state index contributed by atoms with van der Waals surface area (Å²) in [5.74, 6) is 0. The first kappa shape index (κ1) is 14.0. The number of hydrogen-bond donors (Lipinski definition) is 2. The van der Waals surface area contributed by atoms with Gasteiger partial charge in [0.2, 0.25) is 0 Å². The summed E-state index contributed by atoms with van der Waals surface area (Å²) in [7, 11) is 1.55. The Morgan fingerprint density at radius 1 is 1.59 bits per heavy atom. The van der Waals surface area contributed by atoms with Gasteiger partial charge in [-0.1, -0.05) is 4.52 Å². The lowest BCUT2D eigenvalue weighted by Crippen LogP contribution is -2.49. The highest BCUT2D eigenvalue weighted by molar-refractivity contribution is 8.01.